The highest BCUT2D eigenvalue weighted by atomic mass is 16.5. The number of fused-ring (bicyclic) bond motifs is 3. The second kappa shape index (κ2) is 6.69. The van der Waals surface area contributed by atoms with Crippen molar-refractivity contribution < 1.29 is 9.53 Å². The molecule has 4 aromatic rings. The molecule has 2 aliphatic carbocycles. The molecule has 0 aliphatic heterocycles. The van der Waals surface area contributed by atoms with Crippen molar-refractivity contribution in [3.63, 3.8) is 0 Å². The molecule has 2 fully saturated rings. The lowest BCUT2D eigenvalue weighted by Crippen LogP contribution is -2.19. The van der Waals surface area contributed by atoms with Crippen molar-refractivity contribution in [1.82, 2.24) is 29.5 Å². The standard InChI is InChI=1S/C22H23N7O2/c1-23-20(30)17-11-24-28-5-3-12(10-18(17)28)16-4-6-29-19(16)21(31-2)26-22(27-29)25-15-8-13-7-14(13)9-15/h3-6,10-11,13-15H,7-9H2,1-2H3,(H,23,30)(H,25,27). The van der Waals surface area contributed by atoms with Gasteiger partial charge in [-0.3, -0.25) is 4.79 Å². The molecule has 0 saturated heterocycles. The highest BCUT2D eigenvalue weighted by Crippen LogP contribution is 2.52. The zero-order valence-corrected chi connectivity index (χ0v) is 17.4. The van der Waals surface area contributed by atoms with Gasteiger partial charge in [0.1, 0.15) is 5.52 Å². The summed E-state index contributed by atoms with van der Waals surface area (Å²) in [6, 6.07) is 6.33. The molecule has 2 aliphatic rings. The van der Waals surface area contributed by atoms with Gasteiger partial charge in [0.2, 0.25) is 11.8 Å². The van der Waals surface area contributed by atoms with Crippen molar-refractivity contribution in [1.29, 1.82) is 0 Å². The first-order chi connectivity index (χ1) is 15.1. The number of rotatable bonds is 5. The summed E-state index contributed by atoms with van der Waals surface area (Å²) < 4.78 is 9.13. The Bertz CT molecular complexity index is 1310. The number of hydrogen-bond donors (Lipinski definition) is 2. The predicted octanol–water partition coefficient (Wildman–Crippen LogP) is 2.62. The lowest BCUT2D eigenvalue weighted by atomic mass is 10.1. The second-order valence-corrected chi connectivity index (χ2v) is 8.42. The predicted molar refractivity (Wildman–Crippen MR) is 115 cm³/mol. The molecule has 4 heterocycles. The summed E-state index contributed by atoms with van der Waals surface area (Å²) in [5, 5.41) is 15.1. The van der Waals surface area contributed by atoms with Crippen molar-refractivity contribution in [3.8, 4) is 17.0 Å². The van der Waals surface area contributed by atoms with Crippen LogP contribution in [0.3, 0.4) is 0 Å². The number of methoxy groups -OCH3 is 1. The van der Waals surface area contributed by atoms with Gasteiger partial charge in [-0.2, -0.15) is 10.1 Å². The Morgan fingerprint density at radius 1 is 1.16 bits per heavy atom. The summed E-state index contributed by atoms with van der Waals surface area (Å²) in [6.07, 6.45) is 9.10. The van der Waals surface area contributed by atoms with Crippen LogP contribution >= 0.6 is 0 Å². The molecule has 1 amide bonds. The normalized spacial score (nSPS) is 21.9. The molecular formula is C22H23N7O2. The van der Waals surface area contributed by atoms with E-state index in [9.17, 15) is 4.79 Å². The number of anilines is 1. The molecule has 9 nitrogen and oxygen atoms in total. The Labute approximate surface area is 178 Å². The lowest BCUT2D eigenvalue weighted by Gasteiger charge is -2.15. The molecule has 0 aromatic carbocycles. The minimum atomic E-state index is -0.171. The smallest absolute Gasteiger partial charge is 0.254 e. The number of carbonyl (C=O) groups is 1. The van der Waals surface area contributed by atoms with Crippen LogP contribution < -0.4 is 15.4 Å². The second-order valence-electron chi connectivity index (χ2n) is 8.42. The van der Waals surface area contributed by atoms with Gasteiger partial charge in [-0.05, 0) is 54.9 Å². The number of ether oxygens (including phenoxy) is 1. The van der Waals surface area contributed by atoms with Crippen LogP contribution in [0.15, 0.2) is 36.8 Å². The third-order valence-corrected chi connectivity index (χ3v) is 6.55. The Hall–Kier alpha value is -3.62. The summed E-state index contributed by atoms with van der Waals surface area (Å²) in [6.45, 7) is 0. The average molecular weight is 417 g/mol. The molecule has 9 heteroatoms. The molecular weight excluding hydrogens is 394 g/mol. The van der Waals surface area contributed by atoms with Gasteiger partial charge in [0.25, 0.3) is 5.91 Å². The van der Waals surface area contributed by atoms with E-state index < -0.39 is 0 Å². The maximum absolute atomic E-state index is 12.2. The molecule has 4 aromatic heterocycles. The minimum Gasteiger partial charge on any atom is -0.479 e. The third-order valence-electron chi connectivity index (χ3n) is 6.55. The number of nitrogens with zero attached hydrogens (tertiary/aromatic N) is 5. The van der Waals surface area contributed by atoms with E-state index in [-0.39, 0.29) is 5.91 Å². The number of nitrogens with one attached hydrogen (secondary N) is 2. The van der Waals surface area contributed by atoms with Crippen LogP contribution in [0.2, 0.25) is 0 Å². The molecule has 2 N–H and O–H groups in total. The minimum absolute atomic E-state index is 0.171. The molecule has 0 bridgehead atoms. The molecule has 6 rings (SSSR count). The van der Waals surface area contributed by atoms with Crippen molar-refractivity contribution >= 4 is 22.9 Å². The van der Waals surface area contributed by atoms with Crippen LogP contribution in [0, 0.1) is 11.8 Å². The molecule has 31 heavy (non-hydrogen) atoms. The van der Waals surface area contributed by atoms with Gasteiger partial charge < -0.3 is 15.4 Å². The lowest BCUT2D eigenvalue weighted by molar-refractivity contribution is 0.0964. The van der Waals surface area contributed by atoms with Crippen LogP contribution in [0.25, 0.3) is 22.2 Å². The summed E-state index contributed by atoms with van der Waals surface area (Å²) >= 11 is 0. The van der Waals surface area contributed by atoms with Gasteiger partial charge in [0.05, 0.1) is 24.4 Å². The van der Waals surface area contributed by atoms with Crippen LogP contribution in [0.4, 0.5) is 5.95 Å². The van der Waals surface area contributed by atoms with E-state index in [0.717, 1.165) is 34.0 Å². The number of pyridine rings is 1. The van der Waals surface area contributed by atoms with Crippen LogP contribution in [0.1, 0.15) is 29.6 Å². The fraction of sp³-hybridized carbons (Fsp3) is 0.364. The van der Waals surface area contributed by atoms with E-state index in [1.54, 1.807) is 29.4 Å². The van der Waals surface area contributed by atoms with E-state index >= 15 is 0 Å². The average Bonchev–Trinajstić information content (AvgIpc) is 3.16. The number of hydrogen-bond acceptors (Lipinski definition) is 6. The number of amides is 1. The molecule has 2 saturated carbocycles. The van der Waals surface area contributed by atoms with Crippen molar-refractivity contribution in [2.24, 2.45) is 11.8 Å². The molecule has 158 valence electrons. The summed E-state index contributed by atoms with van der Waals surface area (Å²) in [5.41, 5.74) is 3.90. The first kappa shape index (κ1) is 18.2. The maximum Gasteiger partial charge on any atom is 0.254 e. The molecule has 0 spiro atoms. The fourth-order valence-corrected chi connectivity index (χ4v) is 4.90. The van der Waals surface area contributed by atoms with Gasteiger partial charge in [-0.25, -0.2) is 9.03 Å². The van der Waals surface area contributed by atoms with Crippen LogP contribution in [-0.4, -0.2) is 50.3 Å². The maximum atomic E-state index is 12.2. The van der Waals surface area contributed by atoms with E-state index in [0.29, 0.717) is 23.4 Å². The first-order valence-electron chi connectivity index (χ1n) is 10.5. The topological polar surface area (TPSA) is 97.9 Å². The van der Waals surface area contributed by atoms with E-state index in [2.05, 4.69) is 25.8 Å². The van der Waals surface area contributed by atoms with Crippen LogP contribution in [0.5, 0.6) is 5.88 Å². The molecule has 2 atom stereocenters. The first-order valence-corrected chi connectivity index (χ1v) is 10.5. The quantitative estimate of drug-likeness (QED) is 0.518. The Balaban J connectivity index is 1.40. The Morgan fingerprint density at radius 2 is 1.97 bits per heavy atom. The monoisotopic (exact) mass is 417 g/mol. The summed E-state index contributed by atoms with van der Waals surface area (Å²) in [7, 11) is 3.23. The third kappa shape index (κ3) is 2.91. The van der Waals surface area contributed by atoms with Gasteiger partial charge in [-0.15, -0.1) is 5.10 Å². The van der Waals surface area contributed by atoms with Crippen molar-refractivity contribution in [2.75, 3.05) is 19.5 Å². The number of aromatic nitrogens is 5. The van der Waals surface area contributed by atoms with Gasteiger partial charge in [-0.1, -0.05) is 0 Å². The van der Waals surface area contributed by atoms with Crippen molar-refractivity contribution in [3.05, 3.63) is 42.4 Å². The van der Waals surface area contributed by atoms with Gasteiger partial charge >= 0.3 is 0 Å². The van der Waals surface area contributed by atoms with Crippen molar-refractivity contribution in [2.45, 2.75) is 25.3 Å². The van der Waals surface area contributed by atoms with Gasteiger partial charge in [0, 0.05) is 31.0 Å². The largest absolute Gasteiger partial charge is 0.479 e. The highest BCUT2D eigenvalue weighted by Gasteiger charge is 2.46. The molecule has 0 radical (unpaired) electrons. The fourth-order valence-electron chi connectivity index (χ4n) is 4.90. The summed E-state index contributed by atoms with van der Waals surface area (Å²) in [4.78, 5) is 16.8. The van der Waals surface area contributed by atoms with E-state index in [1.165, 1.54) is 19.3 Å². The zero-order valence-electron chi connectivity index (χ0n) is 17.4. The zero-order chi connectivity index (χ0) is 21.1. The van der Waals surface area contributed by atoms with E-state index in [1.807, 2.05) is 30.6 Å². The Morgan fingerprint density at radius 3 is 2.74 bits per heavy atom. The van der Waals surface area contributed by atoms with Crippen LogP contribution in [-0.2, 0) is 0 Å². The van der Waals surface area contributed by atoms with E-state index in [4.69, 9.17) is 4.74 Å². The highest BCUT2D eigenvalue weighted by molar-refractivity contribution is 6.01. The Kier molecular flexibility index (Phi) is 3.92. The van der Waals surface area contributed by atoms with Gasteiger partial charge in [0.15, 0.2) is 0 Å². The summed E-state index contributed by atoms with van der Waals surface area (Å²) in [5.74, 6) is 2.71. The SMILES string of the molecule is CNC(=O)c1cnn2ccc(-c3ccn4nc(NC5CC6CC6C5)nc(OC)c34)cc12. The molecule has 2 unspecified atom stereocenters. The number of carbonyl (C=O) groups excluding carboxylic acids is 1.